The van der Waals surface area contributed by atoms with Crippen molar-refractivity contribution < 1.29 is 39.1 Å². The predicted octanol–water partition coefficient (Wildman–Crippen LogP) is 8.45. The zero-order valence-corrected chi connectivity index (χ0v) is 32.8. The highest BCUT2D eigenvalue weighted by atomic mass is 16.7. The van der Waals surface area contributed by atoms with Crippen molar-refractivity contribution in [2.45, 2.75) is 218 Å². The Balaban J connectivity index is 2.11. The first-order chi connectivity index (χ1) is 23.7. The largest absolute Gasteiger partial charge is 0.387 e. The number of ether oxygens (including phenoxy) is 3. The number of unbranched alkanes of at least 4 members (excludes halogenated alkanes) is 24. The van der Waals surface area contributed by atoms with Gasteiger partial charge in [0.15, 0.2) is 6.29 Å². The molecule has 1 fully saturated rings. The van der Waals surface area contributed by atoms with E-state index in [1.807, 2.05) is 0 Å². The smallest absolute Gasteiger partial charge is 0.186 e. The molecular weight excluding hydrogens is 618 g/mol. The van der Waals surface area contributed by atoms with Crippen molar-refractivity contribution in [3.63, 3.8) is 0 Å². The maximum atomic E-state index is 10.6. The number of hydrogen-bond acceptors (Lipinski definition) is 7. The van der Waals surface area contributed by atoms with Crippen molar-refractivity contribution in [1.82, 2.24) is 0 Å². The molecule has 1 unspecified atom stereocenters. The van der Waals surface area contributed by atoms with E-state index >= 15 is 0 Å². The minimum Gasteiger partial charge on any atom is -0.387 e. The van der Waals surface area contributed by atoms with E-state index in [-0.39, 0.29) is 13.2 Å². The van der Waals surface area contributed by atoms with Crippen LogP contribution in [0.1, 0.15) is 181 Å². The Hall–Kier alpha value is -0.320. The first-order valence-corrected chi connectivity index (χ1v) is 21.1. The SMILES string of the molecule is CCCCCCCCCCCCCCCCCCO[C@@H]1O[C@H](COCC(O)C[N+](C)(C)CCCCCCCCCCCC)[C@@H](O)[C@H](O)[C@H]1O. The van der Waals surface area contributed by atoms with Crippen molar-refractivity contribution in [1.29, 1.82) is 0 Å². The second-order valence-electron chi connectivity index (χ2n) is 15.9. The van der Waals surface area contributed by atoms with Crippen molar-refractivity contribution >= 4 is 0 Å². The molecule has 49 heavy (non-hydrogen) atoms. The number of hydrogen-bond donors (Lipinski definition) is 4. The molecule has 0 amide bonds. The summed E-state index contributed by atoms with van der Waals surface area (Å²) in [6.45, 7) is 6.69. The zero-order chi connectivity index (χ0) is 36.0. The highest BCUT2D eigenvalue weighted by molar-refractivity contribution is 4.89. The number of likely N-dealkylation sites (N-methyl/N-ethyl adjacent to an activating group) is 1. The molecule has 8 nitrogen and oxygen atoms in total. The van der Waals surface area contributed by atoms with Crippen LogP contribution in [0.25, 0.3) is 0 Å². The molecule has 0 radical (unpaired) electrons. The topological polar surface area (TPSA) is 109 Å². The van der Waals surface area contributed by atoms with E-state index in [1.165, 1.54) is 148 Å². The summed E-state index contributed by atoms with van der Waals surface area (Å²) in [4.78, 5) is 0. The molecule has 1 saturated heterocycles. The van der Waals surface area contributed by atoms with Crippen LogP contribution in [0.3, 0.4) is 0 Å². The highest BCUT2D eigenvalue weighted by Crippen LogP contribution is 2.23. The van der Waals surface area contributed by atoms with E-state index in [2.05, 4.69) is 27.9 Å². The van der Waals surface area contributed by atoms with E-state index in [9.17, 15) is 20.4 Å². The molecule has 0 aromatic heterocycles. The lowest BCUT2D eigenvalue weighted by Crippen LogP contribution is -2.59. The molecule has 0 aliphatic carbocycles. The minimum absolute atomic E-state index is 0.00673. The monoisotopic (exact) mass is 703 g/mol. The number of nitrogens with zero attached hydrogens (tertiary/aromatic N) is 1. The molecule has 1 aliphatic rings. The average molecular weight is 703 g/mol. The van der Waals surface area contributed by atoms with Crippen LogP contribution >= 0.6 is 0 Å². The van der Waals surface area contributed by atoms with Gasteiger partial charge in [0.25, 0.3) is 0 Å². The second-order valence-corrected chi connectivity index (χ2v) is 15.9. The van der Waals surface area contributed by atoms with Crippen LogP contribution in [0.15, 0.2) is 0 Å². The van der Waals surface area contributed by atoms with Gasteiger partial charge in [-0.2, -0.15) is 0 Å². The third kappa shape index (κ3) is 25.3. The van der Waals surface area contributed by atoms with Crippen LogP contribution in [0, 0.1) is 0 Å². The number of quaternary nitrogens is 1. The Morgan fingerprint density at radius 1 is 0.551 bits per heavy atom. The molecule has 1 rings (SSSR count). The molecule has 0 aromatic rings. The number of aliphatic hydroxyl groups excluding tert-OH is 4. The van der Waals surface area contributed by atoms with Crippen LogP contribution in [0.5, 0.6) is 0 Å². The van der Waals surface area contributed by atoms with Gasteiger partial charge in [-0.15, -0.1) is 0 Å². The second kappa shape index (κ2) is 31.2. The lowest BCUT2D eigenvalue weighted by molar-refractivity contribution is -0.893. The molecule has 0 bridgehead atoms. The summed E-state index contributed by atoms with van der Waals surface area (Å²) >= 11 is 0. The maximum absolute atomic E-state index is 10.6. The van der Waals surface area contributed by atoms with Crippen LogP contribution < -0.4 is 0 Å². The molecule has 4 N–H and O–H groups in total. The standard InChI is InChI=1S/C41H84NO7/c1-5-7-9-11-13-15-17-18-19-20-21-22-24-26-28-30-32-48-41-40(46)39(45)38(44)37(49-41)35-47-34-36(43)33-42(3,4)31-29-27-25-23-16-14-12-10-8-6-2/h36-41,43-46H,5-35H2,1-4H3/q+1/t36?,37-,38-,39+,40-,41-/m1/s1. The Bertz CT molecular complexity index is 711. The first kappa shape index (κ1) is 46.7. The van der Waals surface area contributed by atoms with E-state index in [1.54, 1.807) is 0 Å². The molecule has 6 atom stereocenters. The van der Waals surface area contributed by atoms with E-state index in [0.29, 0.717) is 13.2 Å². The van der Waals surface area contributed by atoms with Crippen molar-refractivity contribution in [3.8, 4) is 0 Å². The molecular formula is C41H84NO7+. The van der Waals surface area contributed by atoms with Crippen LogP contribution in [0.4, 0.5) is 0 Å². The third-order valence-electron chi connectivity index (χ3n) is 10.4. The molecule has 0 saturated carbocycles. The van der Waals surface area contributed by atoms with Crippen LogP contribution in [-0.4, -0.2) is 109 Å². The molecule has 1 aliphatic heterocycles. The van der Waals surface area contributed by atoms with Gasteiger partial charge in [0, 0.05) is 6.61 Å². The summed E-state index contributed by atoms with van der Waals surface area (Å²) in [5, 5.41) is 42.0. The molecule has 0 spiro atoms. The summed E-state index contributed by atoms with van der Waals surface area (Å²) in [6.07, 6.45) is 27.5. The summed E-state index contributed by atoms with van der Waals surface area (Å²) < 4.78 is 18.1. The van der Waals surface area contributed by atoms with Crippen molar-refractivity contribution in [2.24, 2.45) is 0 Å². The van der Waals surface area contributed by atoms with Crippen LogP contribution in [-0.2, 0) is 14.2 Å². The molecule has 8 heteroatoms. The lowest BCUT2D eigenvalue weighted by Gasteiger charge is -2.40. The van der Waals surface area contributed by atoms with Gasteiger partial charge < -0.3 is 39.1 Å². The molecule has 294 valence electrons. The van der Waals surface area contributed by atoms with E-state index < -0.39 is 36.8 Å². The normalized spacial score (nSPS) is 22.2. The zero-order valence-electron chi connectivity index (χ0n) is 32.8. The molecule has 0 aromatic carbocycles. The predicted molar refractivity (Wildman–Crippen MR) is 203 cm³/mol. The number of aliphatic hydroxyl groups is 4. The summed E-state index contributed by atoms with van der Waals surface area (Å²) in [6, 6.07) is 0. The van der Waals surface area contributed by atoms with Gasteiger partial charge >= 0.3 is 0 Å². The van der Waals surface area contributed by atoms with Gasteiger partial charge in [-0.3, -0.25) is 0 Å². The Morgan fingerprint density at radius 2 is 0.959 bits per heavy atom. The lowest BCUT2D eigenvalue weighted by atomic mass is 9.99. The van der Waals surface area contributed by atoms with Gasteiger partial charge in [-0.05, 0) is 19.3 Å². The van der Waals surface area contributed by atoms with Gasteiger partial charge in [0.2, 0.25) is 0 Å². The third-order valence-corrected chi connectivity index (χ3v) is 10.4. The van der Waals surface area contributed by atoms with Crippen LogP contribution in [0.2, 0.25) is 0 Å². The fourth-order valence-electron chi connectivity index (χ4n) is 7.10. The van der Waals surface area contributed by atoms with Crippen molar-refractivity contribution in [3.05, 3.63) is 0 Å². The van der Waals surface area contributed by atoms with E-state index in [0.717, 1.165) is 30.3 Å². The first-order valence-electron chi connectivity index (χ1n) is 21.1. The van der Waals surface area contributed by atoms with E-state index in [4.69, 9.17) is 14.2 Å². The van der Waals surface area contributed by atoms with Gasteiger partial charge in [0.1, 0.15) is 37.1 Å². The van der Waals surface area contributed by atoms with Crippen molar-refractivity contribution in [2.75, 3.05) is 47.0 Å². The summed E-state index contributed by atoms with van der Waals surface area (Å²) in [7, 11) is 4.29. The highest BCUT2D eigenvalue weighted by Gasteiger charge is 2.44. The fraction of sp³-hybridized carbons (Fsp3) is 1.00. The average Bonchev–Trinajstić information content (AvgIpc) is 3.07. The Labute approximate surface area is 303 Å². The Kier molecular flexibility index (Phi) is 29.8. The van der Waals surface area contributed by atoms with Gasteiger partial charge in [-0.1, -0.05) is 162 Å². The summed E-state index contributed by atoms with van der Waals surface area (Å²) in [5.41, 5.74) is 0. The van der Waals surface area contributed by atoms with Gasteiger partial charge in [-0.25, -0.2) is 0 Å². The maximum Gasteiger partial charge on any atom is 0.186 e. The fourth-order valence-corrected chi connectivity index (χ4v) is 7.10. The Morgan fingerprint density at radius 3 is 1.41 bits per heavy atom. The number of rotatable bonds is 35. The minimum atomic E-state index is -1.38. The van der Waals surface area contributed by atoms with Gasteiger partial charge in [0.05, 0.1) is 33.9 Å². The molecule has 1 heterocycles. The quantitative estimate of drug-likeness (QED) is 0.0388. The summed E-state index contributed by atoms with van der Waals surface area (Å²) in [5.74, 6) is 0.